The predicted octanol–water partition coefficient (Wildman–Crippen LogP) is 3.32. The normalized spacial score (nSPS) is 23.3. The first kappa shape index (κ1) is 21.2. The Morgan fingerprint density at radius 1 is 1.30 bits per heavy atom. The molecule has 1 aromatic rings. The van der Waals surface area contributed by atoms with Crippen LogP contribution in [0.5, 0.6) is 5.75 Å². The summed E-state index contributed by atoms with van der Waals surface area (Å²) in [5, 5.41) is 12.5. The van der Waals surface area contributed by atoms with E-state index in [1.807, 2.05) is 52.0 Å². The van der Waals surface area contributed by atoms with E-state index in [0.29, 0.717) is 26.1 Å². The summed E-state index contributed by atoms with van der Waals surface area (Å²) in [5.74, 6) is -0.418. The number of aliphatic carboxylic acids is 1. The number of nitrogens with one attached hydrogen (secondary N) is 1. The molecule has 0 aromatic heterocycles. The van der Waals surface area contributed by atoms with Gasteiger partial charge in [-0.2, -0.15) is 0 Å². The van der Waals surface area contributed by atoms with Crippen molar-refractivity contribution in [3.8, 4) is 5.75 Å². The maximum Gasteiger partial charge on any atom is 0.330 e. The molecule has 0 bridgehead atoms. The van der Waals surface area contributed by atoms with Crippen LogP contribution in [-0.4, -0.2) is 41.8 Å². The topological polar surface area (TPSA) is 84.9 Å². The lowest BCUT2D eigenvalue weighted by Gasteiger charge is -2.58. The summed E-state index contributed by atoms with van der Waals surface area (Å²) in [6.45, 7) is 8.61. The molecule has 0 aliphatic heterocycles. The van der Waals surface area contributed by atoms with Crippen molar-refractivity contribution in [3.05, 3.63) is 29.8 Å². The van der Waals surface area contributed by atoms with Crippen molar-refractivity contribution in [2.45, 2.75) is 65.0 Å². The van der Waals surface area contributed by atoms with Crippen LogP contribution in [-0.2, 0) is 14.3 Å². The average Bonchev–Trinajstić information content (AvgIpc) is 2.60. The molecule has 1 aromatic carbocycles. The lowest BCUT2D eigenvalue weighted by molar-refractivity contribution is -0.194. The summed E-state index contributed by atoms with van der Waals surface area (Å²) in [4.78, 5) is 24.2. The van der Waals surface area contributed by atoms with Crippen molar-refractivity contribution < 1.29 is 24.2 Å². The number of aryl methyl sites for hydroxylation is 1. The first-order valence-corrected chi connectivity index (χ1v) is 9.58. The van der Waals surface area contributed by atoms with E-state index in [-0.39, 0.29) is 18.4 Å². The summed E-state index contributed by atoms with van der Waals surface area (Å²) in [6.07, 6.45) is 1.78. The van der Waals surface area contributed by atoms with Gasteiger partial charge in [-0.25, -0.2) is 4.79 Å². The minimum atomic E-state index is -1.26. The van der Waals surface area contributed by atoms with Crippen molar-refractivity contribution >= 4 is 11.9 Å². The molecule has 2 N–H and O–H groups in total. The molecule has 0 radical (unpaired) electrons. The van der Waals surface area contributed by atoms with Crippen LogP contribution in [0.25, 0.3) is 0 Å². The number of carbonyl (C=O) groups is 2. The molecule has 0 saturated heterocycles. The van der Waals surface area contributed by atoms with Crippen LogP contribution in [0.15, 0.2) is 24.3 Å². The van der Waals surface area contributed by atoms with E-state index in [1.165, 1.54) is 0 Å². The van der Waals surface area contributed by atoms with Crippen LogP contribution in [0.3, 0.4) is 0 Å². The third-order valence-corrected chi connectivity index (χ3v) is 5.54. The second kappa shape index (κ2) is 8.74. The maximum absolute atomic E-state index is 12.3. The molecular formula is C21H31NO5. The molecule has 150 valence electrons. The Kier molecular flexibility index (Phi) is 6.87. The summed E-state index contributed by atoms with van der Waals surface area (Å²) in [6, 6.07) is 7.83. The first-order chi connectivity index (χ1) is 12.7. The van der Waals surface area contributed by atoms with Gasteiger partial charge >= 0.3 is 5.97 Å². The Hall–Kier alpha value is -2.08. The Morgan fingerprint density at radius 3 is 2.63 bits per heavy atom. The van der Waals surface area contributed by atoms with Crippen molar-refractivity contribution in [2.75, 3.05) is 13.2 Å². The number of carboxylic acid groups (broad SMARTS) is 1. The van der Waals surface area contributed by atoms with Crippen LogP contribution >= 0.6 is 0 Å². The SMILES string of the molecule is CCOC1CC(NC(=O)CCCCOc2cccc(C)c2)(C(=O)O)C1(C)C. The Morgan fingerprint density at radius 2 is 2.04 bits per heavy atom. The maximum atomic E-state index is 12.3. The van der Waals surface area contributed by atoms with Crippen molar-refractivity contribution in [1.29, 1.82) is 0 Å². The first-order valence-electron chi connectivity index (χ1n) is 9.58. The number of ether oxygens (including phenoxy) is 2. The van der Waals surface area contributed by atoms with E-state index in [9.17, 15) is 14.7 Å². The number of hydrogen-bond acceptors (Lipinski definition) is 4. The fourth-order valence-electron chi connectivity index (χ4n) is 3.62. The number of carboxylic acids is 1. The van der Waals surface area contributed by atoms with Crippen LogP contribution in [0, 0.1) is 12.3 Å². The number of unbranched alkanes of at least 4 members (excludes halogenated alkanes) is 1. The lowest BCUT2D eigenvalue weighted by Crippen LogP contribution is -2.76. The molecule has 0 spiro atoms. The van der Waals surface area contributed by atoms with Gasteiger partial charge in [0.1, 0.15) is 11.3 Å². The quantitative estimate of drug-likeness (QED) is 0.611. The molecule has 1 amide bonds. The molecule has 2 rings (SSSR count). The number of amides is 1. The molecule has 27 heavy (non-hydrogen) atoms. The fraction of sp³-hybridized carbons (Fsp3) is 0.619. The third kappa shape index (κ3) is 4.61. The molecule has 1 saturated carbocycles. The van der Waals surface area contributed by atoms with Gasteiger partial charge in [0, 0.05) is 24.9 Å². The standard InChI is InChI=1S/C21H31NO5/c1-5-26-17-14-21(19(24)25,20(17,3)4)22-18(23)11-6-7-12-27-16-10-8-9-15(2)13-16/h8-10,13,17H,5-7,11-12,14H2,1-4H3,(H,22,23)(H,24,25). The number of benzene rings is 1. The van der Waals surface area contributed by atoms with Gasteiger partial charge in [0.25, 0.3) is 0 Å². The second-order valence-corrected chi connectivity index (χ2v) is 7.75. The highest BCUT2D eigenvalue weighted by molar-refractivity contribution is 5.89. The predicted molar refractivity (Wildman–Crippen MR) is 103 cm³/mol. The smallest absolute Gasteiger partial charge is 0.330 e. The van der Waals surface area contributed by atoms with E-state index in [1.54, 1.807) is 0 Å². The van der Waals surface area contributed by atoms with Gasteiger partial charge in [-0.05, 0) is 44.4 Å². The van der Waals surface area contributed by atoms with E-state index in [0.717, 1.165) is 17.7 Å². The zero-order valence-corrected chi connectivity index (χ0v) is 16.7. The third-order valence-electron chi connectivity index (χ3n) is 5.54. The van der Waals surface area contributed by atoms with Gasteiger partial charge in [-0.1, -0.05) is 26.0 Å². The lowest BCUT2D eigenvalue weighted by atomic mass is 9.54. The molecule has 2 atom stereocenters. The highest BCUT2D eigenvalue weighted by atomic mass is 16.5. The van der Waals surface area contributed by atoms with E-state index >= 15 is 0 Å². The highest BCUT2D eigenvalue weighted by Gasteiger charge is 2.66. The summed E-state index contributed by atoms with van der Waals surface area (Å²) in [5.41, 5.74) is -0.778. The Balaban J connectivity index is 1.78. The summed E-state index contributed by atoms with van der Waals surface area (Å²) < 4.78 is 11.3. The Labute approximate surface area is 161 Å². The highest BCUT2D eigenvalue weighted by Crippen LogP contribution is 2.51. The van der Waals surface area contributed by atoms with Crippen LogP contribution in [0.2, 0.25) is 0 Å². The van der Waals surface area contributed by atoms with Crippen LogP contribution < -0.4 is 10.1 Å². The zero-order valence-electron chi connectivity index (χ0n) is 16.7. The van der Waals surface area contributed by atoms with Gasteiger partial charge in [-0.15, -0.1) is 0 Å². The minimum Gasteiger partial charge on any atom is -0.494 e. The zero-order chi connectivity index (χ0) is 20.1. The van der Waals surface area contributed by atoms with Crippen molar-refractivity contribution in [3.63, 3.8) is 0 Å². The second-order valence-electron chi connectivity index (χ2n) is 7.75. The van der Waals surface area contributed by atoms with Gasteiger partial charge in [0.15, 0.2) is 0 Å². The molecule has 1 fully saturated rings. The van der Waals surface area contributed by atoms with Gasteiger partial charge in [0.2, 0.25) is 5.91 Å². The molecule has 6 nitrogen and oxygen atoms in total. The number of rotatable bonds is 10. The molecule has 2 unspecified atom stereocenters. The monoisotopic (exact) mass is 377 g/mol. The van der Waals surface area contributed by atoms with Crippen molar-refractivity contribution in [2.24, 2.45) is 5.41 Å². The average molecular weight is 377 g/mol. The van der Waals surface area contributed by atoms with Crippen molar-refractivity contribution in [1.82, 2.24) is 5.32 Å². The van der Waals surface area contributed by atoms with Crippen LogP contribution in [0.4, 0.5) is 0 Å². The molecular weight excluding hydrogens is 346 g/mol. The molecule has 1 aliphatic carbocycles. The molecule has 6 heteroatoms. The fourth-order valence-corrected chi connectivity index (χ4v) is 3.62. The Bertz CT molecular complexity index is 672. The van der Waals surface area contributed by atoms with Gasteiger partial charge < -0.3 is 19.9 Å². The number of carbonyl (C=O) groups excluding carboxylic acids is 1. The minimum absolute atomic E-state index is 0.165. The molecule has 1 aliphatic rings. The van der Waals surface area contributed by atoms with E-state index < -0.39 is 16.9 Å². The largest absolute Gasteiger partial charge is 0.494 e. The van der Waals surface area contributed by atoms with Gasteiger partial charge in [-0.3, -0.25) is 4.79 Å². The van der Waals surface area contributed by atoms with Crippen LogP contribution in [0.1, 0.15) is 52.0 Å². The number of hydrogen-bond donors (Lipinski definition) is 2. The van der Waals surface area contributed by atoms with E-state index in [4.69, 9.17) is 9.47 Å². The van der Waals surface area contributed by atoms with E-state index in [2.05, 4.69) is 5.32 Å². The summed E-state index contributed by atoms with van der Waals surface area (Å²) >= 11 is 0. The van der Waals surface area contributed by atoms with Gasteiger partial charge in [0.05, 0.1) is 12.7 Å². The molecule has 0 heterocycles. The summed E-state index contributed by atoms with van der Waals surface area (Å²) in [7, 11) is 0.